The summed E-state index contributed by atoms with van der Waals surface area (Å²) in [6, 6.07) is 0. The molecule has 0 fully saturated rings. The lowest BCUT2D eigenvalue weighted by Gasteiger charge is -2.25. The molecule has 0 aliphatic heterocycles. The topological polar surface area (TPSA) is 59.3 Å². The van der Waals surface area contributed by atoms with Crippen molar-refractivity contribution >= 4 is 15.9 Å². The average molecular weight is 320 g/mol. The number of aryl methyl sites for hydroxylation is 1. The molecule has 1 atom stereocenters. The van der Waals surface area contributed by atoms with Crippen molar-refractivity contribution < 1.29 is 9.84 Å². The monoisotopic (exact) mass is 319 g/mol. The van der Waals surface area contributed by atoms with Gasteiger partial charge >= 0.3 is 0 Å². The van der Waals surface area contributed by atoms with Gasteiger partial charge in [-0.15, -0.1) is 0 Å². The van der Waals surface area contributed by atoms with Crippen LogP contribution in [0.2, 0.25) is 0 Å². The minimum Gasteiger partial charge on any atom is -0.384 e. The first-order valence-corrected chi connectivity index (χ1v) is 6.96. The molecule has 104 valence electrons. The molecule has 1 unspecified atom stereocenters. The summed E-state index contributed by atoms with van der Waals surface area (Å²) in [5, 5.41) is 18.0. The maximum Gasteiger partial charge on any atom is 0.106 e. The van der Waals surface area contributed by atoms with Crippen LogP contribution in [0.15, 0.2) is 10.7 Å². The molecule has 1 rings (SSSR count). The van der Waals surface area contributed by atoms with Crippen LogP contribution in [0.3, 0.4) is 0 Å². The average Bonchev–Trinajstić information content (AvgIpc) is 2.71. The smallest absolute Gasteiger partial charge is 0.106 e. The molecule has 0 aliphatic carbocycles. The van der Waals surface area contributed by atoms with Crippen molar-refractivity contribution in [2.75, 3.05) is 26.8 Å². The Morgan fingerprint density at radius 3 is 2.89 bits per heavy atom. The number of nitrogens with zero attached hydrogens (tertiary/aromatic N) is 2. The van der Waals surface area contributed by atoms with Crippen molar-refractivity contribution in [2.24, 2.45) is 0 Å². The molecular formula is C12H22BrN3O2. The largest absolute Gasteiger partial charge is 0.384 e. The zero-order valence-electron chi connectivity index (χ0n) is 11.2. The van der Waals surface area contributed by atoms with Gasteiger partial charge in [-0.25, -0.2) is 0 Å². The van der Waals surface area contributed by atoms with Crippen molar-refractivity contribution in [3.63, 3.8) is 0 Å². The Balaban J connectivity index is 2.59. The summed E-state index contributed by atoms with van der Waals surface area (Å²) in [7, 11) is 1.68. The first kappa shape index (κ1) is 15.6. The molecule has 0 spiro atoms. The molecule has 0 radical (unpaired) electrons. The summed E-state index contributed by atoms with van der Waals surface area (Å²) in [4.78, 5) is 0. The van der Waals surface area contributed by atoms with Gasteiger partial charge in [-0.05, 0) is 42.7 Å². The van der Waals surface area contributed by atoms with Gasteiger partial charge in [0.25, 0.3) is 0 Å². The van der Waals surface area contributed by atoms with E-state index in [2.05, 4.69) is 26.3 Å². The van der Waals surface area contributed by atoms with Crippen LogP contribution in [0, 0.1) is 0 Å². The molecule has 0 bridgehead atoms. The summed E-state index contributed by atoms with van der Waals surface area (Å²) >= 11 is 3.44. The van der Waals surface area contributed by atoms with Gasteiger partial charge in [0, 0.05) is 20.2 Å². The molecule has 0 aliphatic rings. The summed E-state index contributed by atoms with van der Waals surface area (Å²) in [6.07, 6.45) is 2.35. The van der Waals surface area contributed by atoms with Crippen molar-refractivity contribution in [1.29, 1.82) is 0 Å². The highest BCUT2D eigenvalue weighted by molar-refractivity contribution is 9.10. The maximum atomic E-state index is 10.6. The van der Waals surface area contributed by atoms with E-state index in [0.29, 0.717) is 13.0 Å². The normalized spacial score (nSPS) is 14.7. The second-order valence-corrected chi connectivity index (χ2v) is 5.28. The number of halogens is 1. The van der Waals surface area contributed by atoms with Crippen LogP contribution in [0.4, 0.5) is 0 Å². The number of hydrogen-bond donors (Lipinski definition) is 2. The van der Waals surface area contributed by atoms with E-state index in [4.69, 9.17) is 4.74 Å². The lowest BCUT2D eigenvalue weighted by atomic mass is 9.98. The van der Waals surface area contributed by atoms with Crippen LogP contribution in [0.5, 0.6) is 0 Å². The predicted octanol–water partition coefficient (Wildman–Crippen LogP) is 1.50. The second-order valence-electron chi connectivity index (χ2n) is 4.42. The van der Waals surface area contributed by atoms with Crippen LogP contribution in [0.1, 0.15) is 26.0 Å². The molecule has 6 heteroatoms. The fourth-order valence-corrected chi connectivity index (χ4v) is 2.61. The molecule has 2 N–H and O–H groups in total. The SMILES string of the molecule is CCn1ncc(Br)c1C(C)(O)CCNCCOC. The van der Waals surface area contributed by atoms with Crippen LogP contribution >= 0.6 is 15.9 Å². The minimum atomic E-state index is -0.897. The van der Waals surface area contributed by atoms with Crippen LogP contribution in [-0.2, 0) is 16.9 Å². The van der Waals surface area contributed by atoms with E-state index in [0.717, 1.165) is 29.8 Å². The van der Waals surface area contributed by atoms with Gasteiger partial charge in [-0.1, -0.05) is 0 Å². The fourth-order valence-electron chi connectivity index (χ4n) is 1.89. The van der Waals surface area contributed by atoms with Crippen LogP contribution in [-0.4, -0.2) is 41.7 Å². The molecule has 0 aromatic carbocycles. The molecule has 0 amide bonds. The third-order valence-corrected chi connectivity index (χ3v) is 3.46. The Morgan fingerprint density at radius 2 is 2.28 bits per heavy atom. The number of hydrogen-bond acceptors (Lipinski definition) is 4. The minimum absolute atomic E-state index is 0.626. The first-order valence-electron chi connectivity index (χ1n) is 6.16. The highest BCUT2D eigenvalue weighted by atomic mass is 79.9. The number of ether oxygens (including phenoxy) is 1. The van der Waals surface area contributed by atoms with Gasteiger partial charge in [0.2, 0.25) is 0 Å². The van der Waals surface area contributed by atoms with Crippen molar-refractivity contribution in [2.45, 2.75) is 32.4 Å². The van der Waals surface area contributed by atoms with Gasteiger partial charge in [-0.2, -0.15) is 5.10 Å². The van der Waals surface area contributed by atoms with Gasteiger partial charge in [-0.3, -0.25) is 4.68 Å². The van der Waals surface area contributed by atoms with Gasteiger partial charge in [0.05, 0.1) is 23.0 Å². The van der Waals surface area contributed by atoms with E-state index in [1.54, 1.807) is 13.3 Å². The Hall–Kier alpha value is -0.430. The molecule has 0 saturated carbocycles. The highest BCUT2D eigenvalue weighted by Crippen LogP contribution is 2.30. The number of aromatic nitrogens is 2. The standard InChI is InChI=1S/C12H22BrN3O2/c1-4-16-11(10(13)9-15-16)12(2,17)5-6-14-7-8-18-3/h9,14,17H,4-8H2,1-3H3. The van der Waals surface area contributed by atoms with Crippen molar-refractivity contribution in [3.05, 3.63) is 16.4 Å². The maximum absolute atomic E-state index is 10.6. The van der Waals surface area contributed by atoms with E-state index in [1.165, 1.54) is 0 Å². The summed E-state index contributed by atoms with van der Waals surface area (Å²) in [5.74, 6) is 0. The van der Waals surface area contributed by atoms with E-state index < -0.39 is 5.60 Å². The summed E-state index contributed by atoms with van der Waals surface area (Å²) in [6.45, 7) is 6.78. The Labute approximate surface area is 117 Å². The number of rotatable bonds is 8. The summed E-state index contributed by atoms with van der Waals surface area (Å²) < 4.78 is 7.63. The predicted molar refractivity (Wildman–Crippen MR) is 74.5 cm³/mol. The molecule has 1 heterocycles. The number of aliphatic hydroxyl groups is 1. The third-order valence-electron chi connectivity index (χ3n) is 2.88. The first-order chi connectivity index (χ1) is 8.53. The second kappa shape index (κ2) is 7.23. The van der Waals surface area contributed by atoms with Crippen molar-refractivity contribution in [1.82, 2.24) is 15.1 Å². The van der Waals surface area contributed by atoms with Gasteiger partial charge < -0.3 is 15.2 Å². The zero-order chi connectivity index (χ0) is 13.6. The molecule has 5 nitrogen and oxygen atoms in total. The molecule has 1 aromatic rings. The molecule has 18 heavy (non-hydrogen) atoms. The van der Waals surface area contributed by atoms with Gasteiger partial charge in [0.1, 0.15) is 5.60 Å². The van der Waals surface area contributed by atoms with Gasteiger partial charge in [0.15, 0.2) is 0 Å². The quantitative estimate of drug-likeness (QED) is 0.713. The van der Waals surface area contributed by atoms with Crippen molar-refractivity contribution in [3.8, 4) is 0 Å². The van der Waals surface area contributed by atoms with Crippen LogP contribution < -0.4 is 5.32 Å². The van der Waals surface area contributed by atoms with E-state index in [-0.39, 0.29) is 0 Å². The van der Waals surface area contributed by atoms with Crippen LogP contribution in [0.25, 0.3) is 0 Å². The summed E-state index contributed by atoms with van der Waals surface area (Å²) in [5.41, 5.74) is -0.0654. The Morgan fingerprint density at radius 1 is 1.56 bits per heavy atom. The Bertz CT molecular complexity index is 366. The van der Waals surface area contributed by atoms with E-state index in [9.17, 15) is 5.11 Å². The molecule has 1 aromatic heterocycles. The Kier molecular flexibility index (Phi) is 6.28. The fraction of sp³-hybridized carbons (Fsp3) is 0.750. The number of nitrogens with one attached hydrogen (secondary N) is 1. The molecule has 0 saturated heterocycles. The van der Waals surface area contributed by atoms with E-state index in [1.807, 2.05) is 18.5 Å². The lowest BCUT2D eigenvalue weighted by molar-refractivity contribution is 0.0376. The third kappa shape index (κ3) is 4.05. The highest BCUT2D eigenvalue weighted by Gasteiger charge is 2.29. The molecular weight excluding hydrogens is 298 g/mol. The van der Waals surface area contributed by atoms with E-state index >= 15 is 0 Å². The number of methoxy groups -OCH3 is 1. The zero-order valence-corrected chi connectivity index (χ0v) is 12.8. The lowest BCUT2D eigenvalue weighted by Crippen LogP contribution is -2.31.